The number of nitrogens with zero attached hydrogens (tertiary/aromatic N) is 1. The molecule has 148 valence electrons. The highest BCUT2D eigenvalue weighted by Gasteiger charge is 2.27. The Hall–Kier alpha value is -1.16. The fourth-order valence-corrected chi connectivity index (χ4v) is 4.81. The molecular weight excluding hydrogens is 378 g/mol. The topological polar surface area (TPSA) is 90.0 Å². The predicted octanol–water partition coefficient (Wildman–Crippen LogP) is 1.69. The third kappa shape index (κ3) is 5.67. The summed E-state index contributed by atoms with van der Waals surface area (Å²) in [5.41, 5.74) is 0. The first-order valence-electron chi connectivity index (χ1n) is 8.83. The Morgan fingerprint density at radius 1 is 1.15 bits per heavy atom. The van der Waals surface area contributed by atoms with Crippen LogP contribution in [0.3, 0.4) is 0 Å². The van der Waals surface area contributed by atoms with Crippen LogP contribution in [0.4, 0.5) is 0 Å². The van der Waals surface area contributed by atoms with Gasteiger partial charge in [-0.1, -0.05) is 13.8 Å². The van der Waals surface area contributed by atoms with Crippen molar-refractivity contribution in [3.8, 4) is 5.75 Å². The van der Waals surface area contributed by atoms with Gasteiger partial charge in [0.15, 0.2) is 9.84 Å². The first-order chi connectivity index (χ1) is 12.3. The van der Waals surface area contributed by atoms with Crippen LogP contribution in [-0.4, -0.2) is 65.1 Å². The zero-order valence-corrected chi connectivity index (χ0v) is 16.9. The molecule has 0 bridgehead atoms. The van der Waals surface area contributed by atoms with Gasteiger partial charge in [-0.2, -0.15) is 4.31 Å². The summed E-state index contributed by atoms with van der Waals surface area (Å²) >= 11 is 0. The molecule has 0 saturated carbocycles. The summed E-state index contributed by atoms with van der Waals surface area (Å²) in [7, 11) is -6.69. The Balaban J connectivity index is 2.00. The molecule has 0 spiro atoms. The van der Waals surface area contributed by atoms with Gasteiger partial charge in [0.05, 0.1) is 16.8 Å². The maximum Gasteiger partial charge on any atom is 0.243 e. The van der Waals surface area contributed by atoms with Gasteiger partial charge in [-0.25, -0.2) is 16.8 Å². The zero-order chi connectivity index (χ0) is 19.2. The number of hydrogen-bond acceptors (Lipinski definition) is 6. The number of benzene rings is 1. The van der Waals surface area contributed by atoms with E-state index in [1.54, 1.807) is 26.0 Å². The molecule has 1 heterocycles. The van der Waals surface area contributed by atoms with E-state index in [-0.39, 0.29) is 29.1 Å². The lowest BCUT2D eigenvalue weighted by Gasteiger charge is -2.23. The molecule has 1 aromatic rings. The van der Waals surface area contributed by atoms with Crippen molar-refractivity contribution in [3.63, 3.8) is 0 Å². The van der Waals surface area contributed by atoms with Gasteiger partial charge in [0, 0.05) is 25.4 Å². The van der Waals surface area contributed by atoms with Crippen molar-refractivity contribution in [2.45, 2.75) is 37.7 Å². The molecule has 9 heteroatoms. The molecule has 2 rings (SSSR count). The smallest absolute Gasteiger partial charge is 0.243 e. The van der Waals surface area contributed by atoms with Gasteiger partial charge in [-0.05, 0) is 37.1 Å². The summed E-state index contributed by atoms with van der Waals surface area (Å²) in [5.74, 6) is 0.456. The van der Waals surface area contributed by atoms with Crippen LogP contribution in [0.5, 0.6) is 5.75 Å². The lowest BCUT2D eigenvalue weighted by Crippen LogP contribution is -2.37. The summed E-state index contributed by atoms with van der Waals surface area (Å²) in [6.45, 7) is 4.84. The minimum Gasteiger partial charge on any atom is -0.493 e. The van der Waals surface area contributed by atoms with Crippen LogP contribution in [0.2, 0.25) is 0 Å². The van der Waals surface area contributed by atoms with E-state index in [0.29, 0.717) is 25.4 Å². The lowest BCUT2D eigenvalue weighted by atomic mass is 10.2. The number of sulfonamides is 1. The fourth-order valence-electron chi connectivity index (χ4n) is 2.70. The van der Waals surface area contributed by atoms with Gasteiger partial charge in [-0.15, -0.1) is 0 Å². The third-order valence-corrected chi connectivity index (χ3v) is 7.97. The molecule has 1 aliphatic rings. The Morgan fingerprint density at radius 3 is 2.38 bits per heavy atom. The van der Waals surface area contributed by atoms with Crippen LogP contribution in [0.1, 0.15) is 26.7 Å². The maximum absolute atomic E-state index is 12.8. The lowest BCUT2D eigenvalue weighted by molar-refractivity contribution is 0.0947. The van der Waals surface area contributed by atoms with Gasteiger partial charge < -0.3 is 9.47 Å². The van der Waals surface area contributed by atoms with Crippen LogP contribution in [-0.2, 0) is 24.6 Å². The normalized spacial score (nSPS) is 18.3. The van der Waals surface area contributed by atoms with Crippen LogP contribution in [0.15, 0.2) is 29.2 Å². The van der Waals surface area contributed by atoms with E-state index in [1.165, 1.54) is 16.4 Å². The van der Waals surface area contributed by atoms with E-state index < -0.39 is 19.9 Å². The molecule has 1 atom stereocenters. The van der Waals surface area contributed by atoms with E-state index >= 15 is 0 Å². The second-order valence-electron chi connectivity index (χ2n) is 6.15. The van der Waals surface area contributed by atoms with Crippen molar-refractivity contribution in [1.82, 2.24) is 4.31 Å². The van der Waals surface area contributed by atoms with Crippen molar-refractivity contribution in [2.75, 3.05) is 37.8 Å². The standard InChI is InChI=1S/C17H27NO6S2/c1-3-18(14-16-6-5-11-23-16)26(21,22)17-9-7-15(8-10-17)24-12-13-25(19,20)4-2/h7-10,16H,3-6,11-14H2,1-2H3. The van der Waals surface area contributed by atoms with Crippen LogP contribution >= 0.6 is 0 Å². The quantitative estimate of drug-likeness (QED) is 0.588. The van der Waals surface area contributed by atoms with E-state index in [9.17, 15) is 16.8 Å². The number of rotatable bonds is 10. The van der Waals surface area contributed by atoms with Gasteiger partial charge in [0.25, 0.3) is 0 Å². The van der Waals surface area contributed by atoms with Crippen molar-refractivity contribution >= 4 is 19.9 Å². The summed E-state index contributed by atoms with van der Waals surface area (Å²) in [6.07, 6.45) is 1.79. The van der Waals surface area contributed by atoms with Gasteiger partial charge >= 0.3 is 0 Å². The van der Waals surface area contributed by atoms with E-state index in [1.807, 2.05) is 0 Å². The average molecular weight is 406 g/mol. The fraction of sp³-hybridized carbons (Fsp3) is 0.647. The second-order valence-corrected chi connectivity index (χ2v) is 10.6. The predicted molar refractivity (Wildman–Crippen MR) is 99.7 cm³/mol. The largest absolute Gasteiger partial charge is 0.493 e. The summed E-state index contributed by atoms with van der Waals surface area (Å²) in [6, 6.07) is 6.06. The highest BCUT2D eigenvalue weighted by molar-refractivity contribution is 7.91. The molecule has 0 N–H and O–H groups in total. The highest BCUT2D eigenvalue weighted by Crippen LogP contribution is 2.22. The molecule has 1 aliphatic heterocycles. The van der Waals surface area contributed by atoms with E-state index in [4.69, 9.17) is 9.47 Å². The minimum atomic E-state index is -3.60. The first-order valence-corrected chi connectivity index (χ1v) is 12.1. The Bertz CT molecular complexity index is 768. The van der Waals surface area contributed by atoms with Crippen molar-refractivity contribution in [1.29, 1.82) is 0 Å². The second kappa shape index (κ2) is 9.16. The number of ether oxygens (including phenoxy) is 2. The molecule has 26 heavy (non-hydrogen) atoms. The molecule has 1 fully saturated rings. The van der Waals surface area contributed by atoms with Gasteiger partial charge in [-0.3, -0.25) is 0 Å². The monoisotopic (exact) mass is 405 g/mol. The Labute approximate surface area is 156 Å². The summed E-state index contributed by atoms with van der Waals surface area (Å²) in [5, 5.41) is 0. The van der Waals surface area contributed by atoms with Crippen molar-refractivity contribution in [3.05, 3.63) is 24.3 Å². The van der Waals surface area contributed by atoms with Crippen LogP contribution < -0.4 is 4.74 Å². The van der Waals surface area contributed by atoms with Crippen LogP contribution in [0.25, 0.3) is 0 Å². The number of sulfone groups is 1. The Kier molecular flexibility index (Phi) is 7.45. The Morgan fingerprint density at radius 2 is 1.85 bits per heavy atom. The van der Waals surface area contributed by atoms with Gasteiger partial charge in [0.1, 0.15) is 12.4 Å². The highest BCUT2D eigenvalue weighted by atomic mass is 32.2. The SMILES string of the molecule is CCN(CC1CCCO1)S(=O)(=O)c1ccc(OCCS(=O)(=O)CC)cc1. The summed E-state index contributed by atoms with van der Waals surface area (Å²) in [4.78, 5) is 0.186. The first kappa shape index (κ1) is 21.1. The maximum atomic E-state index is 12.8. The van der Waals surface area contributed by atoms with E-state index in [0.717, 1.165) is 12.8 Å². The molecule has 0 amide bonds. The van der Waals surface area contributed by atoms with Crippen molar-refractivity contribution < 1.29 is 26.3 Å². The van der Waals surface area contributed by atoms with Gasteiger partial charge in [0.2, 0.25) is 10.0 Å². The molecule has 7 nitrogen and oxygen atoms in total. The molecule has 0 aliphatic carbocycles. The molecule has 0 radical (unpaired) electrons. The number of hydrogen-bond donors (Lipinski definition) is 0. The minimum absolute atomic E-state index is 0.0440. The molecule has 1 saturated heterocycles. The van der Waals surface area contributed by atoms with E-state index in [2.05, 4.69) is 0 Å². The summed E-state index contributed by atoms with van der Waals surface area (Å²) < 4.78 is 60.9. The van der Waals surface area contributed by atoms with Crippen molar-refractivity contribution in [2.24, 2.45) is 0 Å². The number of likely N-dealkylation sites (N-methyl/N-ethyl adjacent to an activating group) is 1. The average Bonchev–Trinajstić information content (AvgIpc) is 3.13. The molecular formula is C17H27NO6S2. The van der Waals surface area contributed by atoms with Crippen LogP contribution in [0, 0.1) is 0 Å². The zero-order valence-electron chi connectivity index (χ0n) is 15.3. The molecule has 0 aromatic heterocycles. The molecule has 1 unspecified atom stereocenters. The molecule has 1 aromatic carbocycles. The third-order valence-electron chi connectivity index (χ3n) is 4.35.